The van der Waals surface area contributed by atoms with E-state index in [0.29, 0.717) is 24.2 Å². The first-order chi connectivity index (χ1) is 14.1. The minimum absolute atomic E-state index is 0.0782. The highest BCUT2D eigenvalue weighted by molar-refractivity contribution is 7.92. The molecule has 0 radical (unpaired) electrons. The number of sulfonamides is 1. The molecule has 2 aromatic carbocycles. The van der Waals surface area contributed by atoms with Crippen molar-refractivity contribution in [3.8, 4) is 0 Å². The molecular weight excluding hydrogens is 400 g/mol. The molecule has 0 bridgehead atoms. The Labute approximate surface area is 181 Å². The van der Waals surface area contributed by atoms with Crippen molar-refractivity contribution < 1.29 is 18.3 Å². The molecule has 0 saturated heterocycles. The number of hydrogen-bond acceptors (Lipinski definition) is 4. The van der Waals surface area contributed by atoms with Crippen molar-refractivity contribution >= 4 is 21.7 Å². The maximum Gasteiger partial charge on any atom is 0.303 e. The molecule has 1 unspecified atom stereocenters. The molecule has 166 valence electrons. The van der Waals surface area contributed by atoms with Crippen LogP contribution in [0.15, 0.2) is 47.4 Å². The number of rotatable bonds is 9. The van der Waals surface area contributed by atoms with E-state index in [1.165, 1.54) is 4.31 Å². The molecule has 0 aliphatic heterocycles. The SMILES string of the molecule is CC.Cc1ccc(C(C)NCCCC(=O)O)c(S(=O)(=O)N(C)c2ccccc2C)c1. The van der Waals surface area contributed by atoms with Crippen LogP contribution >= 0.6 is 0 Å². The average molecular weight is 435 g/mol. The van der Waals surface area contributed by atoms with Gasteiger partial charge in [0.1, 0.15) is 0 Å². The summed E-state index contributed by atoms with van der Waals surface area (Å²) in [5.41, 5.74) is 3.04. The van der Waals surface area contributed by atoms with Gasteiger partial charge in [-0.3, -0.25) is 9.10 Å². The lowest BCUT2D eigenvalue weighted by Crippen LogP contribution is -2.30. The van der Waals surface area contributed by atoms with Gasteiger partial charge in [0.25, 0.3) is 10.0 Å². The van der Waals surface area contributed by atoms with E-state index < -0.39 is 16.0 Å². The largest absolute Gasteiger partial charge is 0.481 e. The lowest BCUT2D eigenvalue weighted by molar-refractivity contribution is -0.137. The van der Waals surface area contributed by atoms with Crippen LogP contribution in [0.4, 0.5) is 5.69 Å². The third-order valence-corrected chi connectivity index (χ3v) is 6.57. The van der Waals surface area contributed by atoms with Crippen molar-refractivity contribution in [2.24, 2.45) is 0 Å². The summed E-state index contributed by atoms with van der Waals surface area (Å²) in [5.74, 6) is -0.840. The molecule has 0 saturated carbocycles. The fraction of sp³-hybridized carbons (Fsp3) is 0.435. The molecule has 0 heterocycles. The van der Waals surface area contributed by atoms with Crippen LogP contribution in [0.1, 0.15) is 56.3 Å². The van der Waals surface area contributed by atoms with Gasteiger partial charge in [-0.05, 0) is 62.6 Å². The predicted octanol–water partition coefficient (Wildman–Crippen LogP) is 4.67. The Kier molecular flexibility index (Phi) is 10.0. The average Bonchev–Trinajstić information content (AvgIpc) is 2.72. The number of nitrogens with zero attached hydrogens (tertiary/aromatic N) is 1. The van der Waals surface area contributed by atoms with Crippen LogP contribution in [-0.4, -0.2) is 33.1 Å². The Morgan fingerprint density at radius 3 is 2.37 bits per heavy atom. The minimum atomic E-state index is -3.76. The van der Waals surface area contributed by atoms with Gasteiger partial charge < -0.3 is 10.4 Å². The highest BCUT2D eigenvalue weighted by Crippen LogP contribution is 2.30. The first kappa shape index (κ1) is 25.7. The monoisotopic (exact) mass is 434 g/mol. The second-order valence-electron chi connectivity index (χ2n) is 6.97. The zero-order valence-corrected chi connectivity index (χ0v) is 19.6. The van der Waals surface area contributed by atoms with Crippen LogP contribution in [0.5, 0.6) is 0 Å². The van der Waals surface area contributed by atoms with Crippen LogP contribution in [0.2, 0.25) is 0 Å². The number of aliphatic carboxylic acids is 1. The van der Waals surface area contributed by atoms with Gasteiger partial charge in [0.15, 0.2) is 0 Å². The Hall–Kier alpha value is -2.38. The highest BCUT2D eigenvalue weighted by Gasteiger charge is 2.27. The summed E-state index contributed by atoms with van der Waals surface area (Å²) in [6.45, 7) is 10.1. The Morgan fingerprint density at radius 2 is 1.77 bits per heavy atom. The van der Waals surface area contributed by atoms with Crippen LogP contribution < -0.4 is 9.62 Å². The lowest BCUT2D eigenvalue weighted by Gasteiger charge is -2.25. The minimum Gasteiger partial charge on any atom is -0.481 e. The normalized spacial score (nSPS) is 11.9. The smallest absolute Gasteiger partial charge is 0.303 e. The molecule has 6 nitrogen and oxygen atoms in total. The van der Waals surface area contributed by atoms with E-state index in [0.717, 1.165) is 11.1 Å². The number of benzene rings is 2. The highest BCUT2D eigenvalue weighted by atomic mass is 32.2. The number of nitrogens with one attached hydrogen (secondary N) is 1. The molecule has 2 N–H and O–H groups in total. The molecule has 0 aromatic heterocycles. The van der Waals surface area contributed by atoms with Crippen molar-refractivity contribution in [3.05, 3.63) is 59.2 Å². The topological polar surface area (TPSA) is 86.7 Å². The number of hydrogen-bond donors (Lipinski definition) is 2. The van der Waals surface area contributed by atoms with E-state index >= 15 is 0 Å². The van der Waals surface area contributed by atoms with E-state index in [4.69, 9.17) is 5.11 Å². The maximum atomic E-state index is 13.4. The van der Waals surface area contributed by atoms with E-state index in [9.17, 15) is 13.2 Å². The summed E-state index contributed by atoms with van der Waals surface area (Å²) in [7, 11) is -2.19. The molecule has 7 heteroatoms. The van der Waals surface area contributed by atoms with Crippen molar-refractivity contribution in [1.29, 1.82) is 0 Å². The zero-order valence-electron chi connectivity index (χ0n) is 18.8. The van der Waals surface area contributed by atoms with Crippen LogP contribution in [-0.2, 0) is 14.8 Å². The fourth-order valence-corrected chi connectivity index (χ4v) is 4.72. The molecular formula is C23H34N2O4S. The van der Waals surface area contributed by atoms with Crippen molar-refractivity contribution in [2.45, 2.75) is 58.4 Å². The molecule has 1 atom stereocenters. The van der Waals surface area contributed by atoms with Gasteiger partial charge in [-0.25, -0.2) is 8.42 Å². The molecule has 2 rings (SSSR count). The van der Waals surface area contributed by atoms with Gasteiger partial charge in [0.2, 0.25) is 0 Å². The predicted molar refractivity (Wildman–Crippen MR) is 123 cm³/mol. The standard InChI is InChI=1S/C21H28N2O4S.C2H6/c1-15-11-12-18(17(3)22-13-7-10-21(24)25)20(14-15)28(26,27)23(4)19-9-6-5-8-16(19)2;1-2/h5-6,8-9,11-12,14,17,22H,7,10,13H2,1-4H3,(H,24,25);1-2H3. The van der Waals surface area contributed by atoms with Crippen molar-refractivity contribution in [3.63, 3.8) is 0 Å². The lowest BCUT2D eigenvalue weighted by atomic mass is 10.1. The van der Waals surface area contributed by atoms with Gasteiger partial charge in [-0.1, -0.05) is 44.2 Å². The molecule has 0 aliphatic carbocycles. The number of para-hydroxylation sites is 1. The summed E-state index contributed by atoms with van der Waals surface area (Å²) >= 11 is 0. The van der Waals surface area contributed by atoms with Gasteiger partial charge in [-0.2, -0.15) is 0 Å². The molecule has 30 heavy (non-hydrogen) atoms. The van der Waals surface area contributed by atoms with Gasteiger partial charge in [0.05, 0.1) is 10.6 Å². The summed E-state index contributed by atoms with van der Waals surface area (Å²) in [6.07, 6.45) is 0.561. The zero-order chi connectivity index (χ0) is 22.9. The summed E-state index contributed by atoms with van der Waals surface area (Å²) in [6, 6.07) is 12.5. The first-order valence-electron chi connectivity index (χ1n) is 10.2. The van der Waals surface area contributed by atoms with Crippen LogP contribution in [0, 0.1) is 13.8 Å². The molecule has 0 fully saturated rings. The Morgan fingerprint density at radius 1 is 1.13 bits per heavy atom. The number of carboxylic acids is 1. The van der Waals surface area contributed by atoms with Crippen molar-refractivity contribution in [1.82, 2.24) is 5.32 Å². The van der Waals surface area contributed by atoms with E-state index in [2.05, 4.69) is 5.32 Å². The van der Waals surface area contributed by atoms with E-state index in [1.807, 2.05) is 65.0 Å². The van der Waals surface area contributed by atoms with E-state index in [1.54, 1.807) is 19.2 Å². The molecule has 0 spiro atoms. The number of anilines is 1. The number of carbonyl (C=O) groups is 1. The number of aryl methyl sites for hydroxylation is 2. The molecule has 0 amide bonds. The summed E-state index contributed by atoms with van der Waals surface area (Å²) in [5, 5.41) is 12.0. The third-order valence-electron chi connectivity index (χ3n) is 4.75. The molecule has 2 aromatic rings. The Bertz CT molecular complexity index is 942. The van der Waals surface area contributed by atoms with Crippen molar-refractivity contribution in [2.75, 3.05) is 17.9 Å². The third kappa shape index (κ3) is 6.57. The first-order valence-corrected chi connectivity index (χ1v) is 11.7. The fourth-order valence-electron chi connectivity index (χ4n) is 3.08. The van der Waals surface area contributed by atoms with Crippen LogP contribution in [0.3, 0.4) is 0 Å². The van der Waals surface area contributed by atoms with Crippen LogP contribution in [0.25, 0.3) is 0 Å². The Balaban J connectivity index is 0.00000218. The summed E-state index contributed by atoms with van der Waals surface area (Å²) in [4.78, 5) is 10.9. The second kappa shape index (κ2) is 11.7. The molecule has 0 aliphatic rings. The van der Waals surface area contributed by atoms with E-state index in [-0.39, 0.29) is 17.4 Å². The second-order valence-corrected chi connectivity index (χ2v) is 8.91. The van der Waals surface area contributed by atoms with Gasteiger partial charge in [-0.15, -0.1) is 0 Å². The number of carboxylic acid groups (broad SMARTS) is 1. The summed E-state index contributed by atoms with van der Waals surface area (Å²) < 4.78 is 28.1. The van der Waals surface area contributed by atoms with Gasteiger partial charge in [0, 0.05) is 19.5 Å². The maximum absolute atomic E-state index is 13.4. The quantitative estimate of drug-likeness (QED) is 0.560. The van der Waals surface area contributed by atoms with Gasteiger partial charge >= 0.3 is 5.97 Å².